The number of aromatic nitrogens is 3. The third-order valence-electron chi connectivity index (χ3n) is 2.70. The molecule has 0 bridgehead atoms. The Morgan fingerprint density at radius 2 is 2.19 bits per heavy atom. The molecule has 0 amide bonds. The van der Waals surface area contributed by atoms with Gasteiger partial charge in [0.15, 0.2) is 0 Å². The summed E-state index contributed by atoms with van der Waals surface area (Å²) in [6.07, 6.45) is 0. The summed E-state index contributed by atoms with van der Waals surface area (Å²) in [5.74, 6) is 0.318. The van der Waals surface area contributed by atoms with Gasteiger partial charge in [-0.05, 0) is 24.1 Å². The SMILES string of the molecule is CC(C)C(CO)n1nnc2cc(Br)ccc21. The average molecular weight is 284 g/mol. The van der Waals surface area contributed by atoms with Gasteiger partial charge in [-0.2, -0.15) is 0 Å². The fourth-order valence-corrected chi connectivity index (χ4v) is 2.08. The Morgan fingerprint density at radius 3 is 2.81 bits per heavy atom. The highest BCUT2D eigenvalue weighted by Gasteiger charge is 2.18. The van der Waals surface area contributed by atoms with Gasteiger partial charge in [-0.1, -0.05) is 35.0 Å². The van der Waals surface area contributed by atoms with Crippen LogP contribution in [0.15, 0.2) is 22.7 Å². The van der Waals surface area contributed by atoms with Gasteiger partial charge in [0.25, 0.3) is 0 Å². The van der Waals surface area contributed by atoms with Crippen molar-refractivity contribution in [2.75, 3.05) is 6.61 Å². The highest BCUT2D eigenvalue weighted by Crippen LogP contribution is 2.23. The molecule has 0 fully saturated rings. The summed E-state index contributed by atoms with van der Waals surface area (Å²) in [7, 11) is 0. The van der Waals surface area contributed by atoms with E-state index in [9.17, 15) is 5.11 Å². The van der Waals surface area contributed by atoms with E-state index in [1.807, 2.05) is 18.2 Å². The Kier molecular flexibility index (Phi) is 3.25. The topological polar surface area (TPSA) is 50.9 Å². The van der Waals surface area contributed by atoms with Crippen molar-refractivity contribution >= 4 is 27.0 Å². The van der Waals surface area contributed by atoms with Crippen LogP contribution in [-0.4, -0.2) is 26.7 Å². The summed E-state index contributed by atoms with van der Waals surface area (Å²) in [6, 6.07) is 5.82. The molecule has 1 heterocycles. The van der Waals surface area contributed by atoms with Crippen molar-refractivity contribution in [3.63, 3.8) is 0 Å². The van der Waals surface area contributed by atoms with Gasteiger partial charge in [-0.3, -0.25) is 0 Å². The van der Waals surface area contributed by atoms with Gasteiger partial charge in [-0.25, -0.2) is 4.68 Å². The first-order chi connectivity index (χ1) is 7.63. The highest BCUT2D eigenvalue weighted by atomic mass is 79.9. The Balaban J connectivity index is 2.52. The largest absolute Gasteiger partial charge is 0.394 e. The van der Waals surface area contributed by atoms with Crippen molar-refractivity contribution in [3.05, 3.63) is 22.7 Å². The van der Waals surface area contributed by atoms with Crippen molar-refractivity contribution in [2.24, 2.45) is 5.92 Å². The van der Waals surface area contributed by atoms with Gasteiger partial charge in [0.05, 0.1) is 18.2 Å². The monoisotopic (exact) mass is 283 g/mol. The van der Waals surface area contributed by atoms with Crippen LogP contribution >= 0.6 is 15.9 Å². The first kappa shape index (κ1) is 11.5. The predicted molar refractivity (Wildman–Crippen MR) is 66.2 cm³/mol. The zero-order valence-electron chi connectivity index (χ0n) is 9.26. The molecule has 5 heteroatoms. The Hall–Kier alpha value is -0.940. The quantitative estimate of drug-likeness (QED) is 0.941. The van der Waals surface area contributed by atoms with Crippen LogP contribution in [0.5, 0.6) is 0 Å². The molecule has 1 atom stereocenters. The number of halogens is 1. The first-order valence-electron chi connectivity index (χ1n) is 5.24. The molecule has 1 aromatic heterocycles. The van der Waals surface area contributed by atoms with Crippen molar-refractivity contribution in [1.29, 1.82) is 0 Å². The molecule has 4 nitrogen and oxygen atoms in total. The van der Waals surface area contributed by atoms with Crippen LogP contribution in [0.1, 0.15) is 19.9 Å². The molecule has 1 unspecified atom stereocenters. The van der Waals surface area contributed by atoms with Gasteiger partial charge in [0.2, 0.25) is 0 Å². The van der Waals surface area contributed by atoms with Crippen LogP contribution in [0.4, 0.5) is 0 Å². The average Bonchev–Trinajstić information content (AvgIpc) is 2.62. The number of nitrogens with zero attached hydrogens (tertiary/aromatic N) is 3. The van der Waals surface area contributed by atoms with Gasteiger partial charge in [0, 0.05) is 4.47 Å². The number of rotatable bonds is 3. The standard InChI is InChI=1S/C11H14BrN3O/c1-7(2)11(6-16)15-10-4-3-8(12)5-9(10)13-14-15/h3-5,7,11,16H,6H2,1-2H3. The minimum atomic E-state index is -0.0221. The molecule has 0 aliphatic heterocycles. The fourth-order valence-electron chi connectivity index (χ4n) is 1.73. The van der Waals surface area contributed by atoms with Crippen LogP contribution in [0.25, 0.3) is 11.0 Å². The predicted octanol–water partition coefficient (Wildman–Crippen LogP) is 2.38. The molecule has 2 rings (SSSR count). The molecule has 0 saturated heterocycles. The molecule has 16 heavy (non-hydrogen) atoms. The Labute approximate surface area is 102 Å². The van der Waals surface area contributed by atoms with E-state index in [1.165, 1.54) is 0 Å². The van der Waals surface area contributed by atoms with Crippen molar-refractivity contribution in [1.82, 2.24) is 15.0 Å². The molecule has 1 aromatic carbocycles. The molecule has 1 N–H and O–H groups in total. The Bertz CT molecular complexity index is 495. The fraction of sp³-hybridized carbons (Fsp3) is 0.455. The zero-order chi connectivity index (χ0) is 11.7. The summed E-state index contributed by atoms with van der Waals surface area (Å²) < 4.78 is 2.78. The van der Waals surface area contributed by atoms with E-state index in [4.69, 9.17) is 0 Å². The van der Waals surface area contributed by atoms with Gasteiger partial charge < -0.3 is 5.11 Å². The number of hydrogen-bond donors (Lipinski definition) is 1. The highest BCUT2D eigenvalue weighted by molar-refractivity contribution is 9.10. The second kappa shape index (κ2) is 4.51. The molecule has 0 radical (unpaired) electrons. The van der Waals surface area contributed by atoms with E-state index in [0.29, 0.717) is 5.92 Å². The maximum atomic E-state index is 9.38. The van der Waals surface area contributed by atoms with E-state index < -0.39 is 0 Å². The second-order valence-corrected chi connectivity index (χ2v) is 5.08. The lowest BCUT2D eigenvalue weighted by Gasteiger charge is -2.18. The third kappa shape index (κ3) is 1.97. The summed E-state index contributed by atoms with van der Waals surface area (Å²) in [5, 5.41) is 17.6. The molecular weight excluding hydrogens is 270 g/mol. The summed E-state index contributed by atoms with van der Waals surface area (Å²) in [5.41, 5.74) is 1.80. The summed E-state index contributed by atoms with van der Waals surface area (Å²) in [4.78, 5) is 0. The van der Waals surface area contributed by atoms with E-state index in [0.717, 1.165) is 15.5 Å². The molecular formula is C11H14BrN3O. The Morgan fingerprint density at radius 1 is 1.44 bits per heavy atom. The zero-order valence-corrected chi connectivity index (χ0v) is 10.8. The van der Waals surface area contributed by atoms with E-state index in [1.54, 1.807) is 4.68 Å². The molecule has 0 spiro atoms. The summed E-state index contributed by atoms with van der Waals surface area (Å²) >= 11 is 3.40. The maximum Gasteiger partial charge on any atom is 0.114 e. The smallest absolute Gasteiger partial charge is 0.114 e. The number of aliphatic hydroxyl groups excluding tert-OH is 1. The maximum absolute atomic E-state index is 9.38. The van der Waals surface area contributed by atoms with Crippen molar-refractivity contribution < 1.29 is 5.11 Å². The van der Waals surface area contributed by atoms with E-state index >= 15 is 0 Å². The van der Waals surface area contributed by atoms with Crippen molar-refractivity contribution in [2.45, 2.75) is 19.9 Å². The lowest BCUT2D eigenvalue weighted by atomic mass is 10.1. The van der Waals surface area contributed by atoms with Gasteiger partial charge in [-0.15, -0.1) is 5.10 Å². The van der Waals surface area contributed by atoms with Crippen LogP contribution < -0.4 is 0 Å². The molecule has 86 valence electrons. The second-order valence-electron chi connectivity index (χ2n) is 4.16. The molecule has 2 aromatic rings. The third-order valence-corrected chi connectivity index (χ3v) is 3.20. The minimum Gasteiger partial charge on any atom is -0.394 e. The normalized spacial score (nSPS) is 13.6. The summed E-state index contributed by atoms with van der Waals surface area (Å²) in [6.45, 7) is 4.20. The minimum absolute atomic E-state index is 0.0221. The number of aliphatic hydroxyl groups is 1. The molecule has 0 aliphatic carbocycles. The van der Waals surface area contributed by atoms with Crippen LogP contribution in [-0.2, 0) is 0 Å². The molecule has 0 aliphatic rings. The number of hydrogen-bond acceptors (Lipinski definition) is 3. The van der Waals surface area contributed by atoms with Crippen LogP contribution in [0.3, 0.4) is 0 Å². The van der Waals surface area contributed by atoms with E-state index in [-0.39, 0.29) is 12.6 Å². The van der Waals surface area contributed by atoms with Crippen LogP contribution in [0, 0.1) is 5.92 Å². The molecule has 0 saturated carbocycles. The lowest BCUT2D eigenvalue weighted by molar-refractivity contribution is 0.184. The number of benzene rings is 1. The van der Waals surface area contributed by atoms with Crippen molar-refractivity contribution in [3.8, 4) is 0 Å². The van der Waals surface area contributed by atoms with Gasteiger partial charge >= 0.3 is 0 Å². The van der Waals surface area contributed by atoms with E-state index in [2.05, 4.69) is 40.1 Å². The lowest BCUT2D eigenvalue weighted by Crippen LogP contribution is -2.20. The van der Waals surface area contributed by atoms with Gasteiger partial charge in [0.1, 0.15) is 5.52 Å². The van der Waals surface area contributed by atoms with Crippen LogP contribution in [0.2, 0.25) is 0 Å². The number of fused-ring (bicyclic) bond motifs is 1. The first-order valence-corrected chi connectivity index (χ1v) is 6.04.